The van der Waals surface area contributed by atoms with Crippen LogP contribution >= 0.6 is 0 Å². The summed E-state index contributed by atoms with van der Waals surface area (Å²) in [5.41, 5.74) is 1.12. The molecule has 8 heteroatoms. The van der Waals surface area contributed by atoms with E-state index < -0.39 is 16.0 Å². The third-order valence-corrected chi connectivity index (χ3v) is 7.30. The van der Waals surface area contributed by atoms with Crippen molar-refractivity contribution in [3.63, 3.8) is 0 Å². The number of carbonyl (C=O) groups is 1. The Morgan fingerprint density at radius 2 is 1.72 bits per heavy atom. The maximum atomic E-state index is 14.4. The largest absolute Gasteiger partial charge is 0.352 e. The molecule has 1 amide bonds. The highest BCUT2D eigenvalue weighted by atomic mass is 32.2. The number of nitrogens with zero attached hydrogens (tertiary/aromatic N) is 2. The van der Waals surface area contributed by atoms with Gasteiger partial charge in [0.1, 0.15) is 5.82 Å². The highest BCUT2D eigenvalue weighted by molar-refractivity contribution is 7.90. The smallest absolute Gasteiger partial charge is 0.303 e. The summed E-state index contributed by atoms with van der Waals surface area (Å²) in [5.74, 6) is -0.315. The van der Waals surface area contributed by atoms with Gasteiger partial charge in [0.05, 0.1) is 12.2 Å². The van der Waals surface area contributed by atoms with Gasteiger partial charge in [0.15, 0.2) is 0 Å². The minimum atomic E-state index is -3.92. The fourth-order valence-corrected chi connectivity index (χ4v) is 4.45. The molecular formula is C24H34FN3O3S. The molecule has 0 saturated heterocycles. The molecule has 0 saturated carbocycles. The Kier molecular flexibility index (Phi) is 9.65. The zero-order valence-corrected chi connectivity index (χ0v) is 20.2. The lowest BCUT2D eigenvalue weighted by molar-refractivity contribution is 0.0946. The minimum Gasteiger partial charge on any atom is -0.352 e. The fraction of sp³-hybridized carbons (Fsp3) is 0.458. The summed E-state index contributed by atoms with van der Waals surface area (Å²) in [4.78, 5) is 12.5. The van der Waals surface area contributed by atoms with Crippen LogP contribution in [0.4, 0.5) is 10.1 Å². The van der Waals surface area contributed by atoms with E-state index in [1.807, 2.05) is 0 Å². The van der Waals surface area contributed by atoms with Crippen molar-refractivity contribution in [2.75, 3.05) is 24.9 Å². The minimum absolute atomic E-state index is 0.0271. The Balaban J connectivity index is 2.15. The van der Waals surface area contributed by atoms with Gasteiger partial charge < -0.3 is 5.32 Å². The molecule has 32 heavy (non-hydrogen) atoms. The van der Waals surface area contributed by atoms with Crippen LogP contribution in [0.15, 0.2) is 48.5 Å². The molecular weight excluding hydrogens is 429 g/mol. The number of benzene rings is 2. The normalized spacial score (nSPS) is 12.6. The summed E-state index contributed by atoms with van der Waals surface area (Å²) in [6.07, 6.45) is 4.40. The van der Waals surface area contributed by atoms with Gasteiger partial charge in [-0.15, -0.1) is 0 Å². The van der Waals surface area contributed by atoms with Crippen LogP contribution in [0.1, 0.15) is 55.5 Å². The van der Waals surface area contributed by atoms with Crippen molar-refractivity contribution in [2.24, 2.45) is 5.92 Å². The van der Waals surface area contributed by atoms with Crippen molar-refractivity contribution in [2.45, 2.75) is 46.1 Å². The molecule has 0 aliphatic rings. The number of carbonyl (C=O) groups excluding carboxylic acids is 1. The van der Waals surface area contributed by atoms with Gasteiger partial charge in [-0.2, -0.15) is 12.7 Å². The number of amides is 1. The first-order valence-electron chi connectivity index (χ1n) is 11.0. The average molecular weight is 464 g/mol. The molecule has 2 aromatic rings. The first-order chi connectivity index (χ1) is 15.2. The number of hydrogen-bond acceptors (Lipinski definition) is 3. The highest BCUT2D eigenvalue weighted by Crippen LogP contribution is 2.25. The van der Waals surface area contributed by atoms with E-state index in [0.717, 1.165) is 34.3 Å². The van der Waals surface area contributed by atoms with Gasteiger partial charge in [-0.1, -0.05) is 57.4 Å². The zero-order valence-electron chi connectivity index (χ0n) is 19.3. The molecule has 2 rings (SSSR count). The zero-order chi connectivity index (χ0) is 23.7. The molecule has 0 bridgehead atoms. The van der Waals surface area contributed by atoms with E-state index in [9.17, 15) is 17.6 Å². The van der Waals surface area contributed by atoms with Crippen LogP contribution in [0.5, 0.6) is 0 Å². The molecule has 2 aromatic carbocycles. The number of para-hydroxylation sites is 1. The summed E-state index contributed by atoms with van der Waals surface area (Å²) in [5, 5.41) is 2.99. The van der Waals surface area contributed by atoms with E-state index in [4.69, 9.17) is 0 Å². The van der Waals surface area contributed by atoms with Gasteiger partial charge in [0, 0.05) is 26.2 Å². The molecule has 0 aliphatic heterocycles. The van der Waals surface area contributed by atoms with Crippen molar-refractivity contribution < 1.29 is 17.6 Å². The molecule has 0 radical (unpaired) electrons. The quantitative estimate of drug-likeness (QED) is 0.501. The highest BCUT2D eigenvalue weighted by Gasteiger charge is 2.27. The van der Waals surface area contributed by atoms with Crippen LogP contribution < -0.4 is 9.62 Å². The molecule has 0 unspecified atom stereocenters. The molecule has 1 atom stereocenters. The number of rotatable bonds is 12. The molecule has 6 nitrogen and oxygen atoms in total. The van der Waals surface area contributed by atoms with E-state index >= 15 is 0 Å². The van der Waals surface area contributed by atoms with Crippen LogP contribution in [0.25, 0.3) is 0 Å². The van der Waals surface area contributed by atoms with Crippen LogP contribution in [-0.2, 0) is 16.8 Å². The van der Waals surface area contributed by atoms with E-state index in [2.05, 4.69) is 19.2 Å². The predicted octanol–water partition coefficient (Wildman–Crippen LogP) is 4.58. The number of halogens is 1. The van der Waals surface area contributed by atoms with Crippen LogP contribution in [0, 0.1) is 11.7 Å². The molecule has 0 fully saturated rings. The lowest BCUT2D eigenvalue weighted by atomic mass is 9.99. The number of nitrogens with one attached hydrogen (secondary N) is 1. The summed E-state index contributed by atoms with van der Waals surface area (Å²) in [6.45, 7) is 4.87. The van der Waals surface area contributed by atoms with Gasteiger partial charge in [-0.05, 0) is 42.2 Å². The standard InChI is InChI=1S/C24H34FN3O3S/c1-5-7-10-19(6-2)17-26-24(29)21-15-13-20(14-16-21)18-28(32(30,31)27(3)4)23-12-9-8-11-22(23)25/h8-9,11-16,19H,5-7,10,17-18H2,1-4H3,(H,26,29)/t19-/m0/s1. The summed E-state index contributed by atoms with van der Waals surface area (Å²) in [7, 11) is -1.11. The molecule has 1 N–H and O–H groups in total. The summed E-state index contributed by atoms with van der Waals surface area (Å²) < 4.78 is 42.1. The Hall–Kier alpha value is -2.45. The number of unbranched alkanes of at least 4 members (excludes halogenated alkanes) is 1. The third-order valence-electron chi connectivity index (χ3n) is 5.50. The predicted molar refractivity (Wildman–Crippen MR) is 127 cm³/mol. The summed E-state index contributed by atoms with van der Waals surface area (Å²) in [6, 6.07) is 12.5. The van der Waals surface area contributed by atoms with Gasteiger partial charge >= 0.3 is 10.2 Å². The topological polar surface area (TPSA) is 69.7 Å². The van der Waals surface area contributed by atoms with E-state index in [1.165, 1.54) is 32.3 Å². The third kappa shape index (κ3) is 6.77. The van der Waals surface area contributed by atoms with E-state index in [0.29, 0.717) is 23.6 Å². The molecule has 0 heterocycles. The maximum Gasteiger partial charge on any atom is 0.303 e. The second-order valence-electron chi connectivity index (χ2n) is 8.07. The molecule has 0 aliphatic carbocycles. The van der Waals surface area contributed by atoms with Crippen molar-refractivity contribution in [1.82, 2.24) is 9.62 Å². The Labute approximate surface area is 191 Å². The van der Waals surface area contributed by atoms with Gasteiger partial charge in [0.2, 0.25) is 0 Å². The van der Waals surface area contributed by atoms with Gasteiger partial charge in [-0.3, -0.25) is 9.10 Å². The van der Waals surface area contributed by atoms with E-state index in [1.54, 1.807) is 30.3 Å². The van der Waals surface area contributed by atoms with Crippen LogP contribution in [0.2, 0.25) is 0 Å². The van der Waals surface area contributed by atoms with Crippen LogP contribution in [-0.4, -0.2) is 39.3 Å². The molecule has 0 aromatic heterocycles. The van der Waals surface area contributed by atoms with Crippen molar-refractivity contribution in [3.8, 4) is 0 Å². The van der Waals surface area contributed by atoms with Crippen molar-refractivity contribution >= 4 is 21.8 Å². The lowest BCUT2D eigenvalue weighted by Crippen LogP contribution is -2.40. The average Bonchev–Trinajstić information content (AvgIpc) is 2.78. The van der Waals surface area contributed by atoms with Gasteiger partial charge in [0.25, 0.3) is 5.91 Å². The van der Waals surface area contributed by atoms with Crippen molar-refractivity contribution in [1.29, 1.82) is 0 Å². The molecule has 176 valence electrons. The molecule has 0 spiro atoms. The SMILES string of the molecule is CCCC[C@H](CC)CNC(=O)c1ccc(CN(c2ccccc2F)S(=O)(=O)N(C)C)cc1. The second-order valence-corrected chi connectivity index (χ2v) is 10.1. The van der Waals surface area contributed by atoms with Crippen molar-refractivity contribution in [3.05, 3.63) is 65.5 Å². The first kappa shape index (κ1) is 25.8. The maximum absolute atomic E-state index is 14.4. The Morgan fingerprint density at radius 3 is 2.28 bits per heavy atom. The number of anilines is 1. The second kappa shape index (κ2) is 12.0. The van der Waals surface area contributed by atoms with Gasteiger partial charge in [-0.25, -0.2) is 4.39 Å². The van der Waals surface area contributed by atoms with E-state index in [-0.39, 0.29) is 18.1 Å². The number of hydrogen-bond donors (Lipinski definition) is 1. The fourth-order valence-electron chi connectivity index (χ4n) is 3.35. The summed E-state index contributed by atoms with van der Waals surface area (Å²) >= 11 is 0. The van der Waals surface area contributed by atoms with Crippen LogP contribution in [0.3, 0.4) is 0 Å². The first-order valence-corrected chi connectivity index (χ1v) is 12.4. The Morgan fingerprint density at radius 1 is 1.06 bits per heavy atom. The lowest BCUT2D eigenvalue weighted by Gasteiger charge is -2.27. The Bertz CT molecular complexity index is 978. The monoisotopic (exact) mass is 463 g/mol.